The van der Waals surface area contributed by atoms with Gasteiger partial charge in [-0.3, -0.25) is 14.4 Å². The van der Waals surface area contributed by atoms with Gasteiger partial charge in [0.1, 0.15) is 11.6 Å². The molecule has 2 saturated carbocycles. The molecule has 0 aromatic heterocycles. The van der Waals surface area contributed by atoms with E-state index in [1.165, 1.54) is 0 Å². The van der Waals surface area contributed by atoms with E-state index in [0.29, 0.717) is 6.54 Å². The fraction of sp³-hybridized carbons (Fsp3) is 0.577. The molecule has 33 heavy (non-hydrogen) atoms. The molecule has 1 aromatic rings. The Labute approximate surface area is 193 Å². The second-order valence-corrected chi connectivity index (χ2v) is 10.4. The van der Waals surface area contributed by atoms with Gasteiger partial charge in [-0.2, -0.15) is 0 Å². The Kier molecular flexibility index (Phi) is 4.87. The Balaban J connectivity index is 1.34. The summed E-state index contributed by atoms with van der Waals surface area (Å²) >= 11 is 0. The summed E-state index contributed by atoms with van der Waals surface area (Å²) in [5.41, 5.74) is 1.02. The number of benzene rings is 1. The van der Waals surface area contributed by atoms with Crippen LogP contribution in [0.4, 0.5) is 0 Å². The van der Waals surface area contributed by atoms with Crippen molar-refractivity contribution in [2.45, 2.75) is 81.8 Å². The van der Waals surface area contributed by atoms with Crippen LogP contribution in [0.25, 0.3) is 0 Å². The van der Waals surface area contributed by atoms with Gasteiger partial charge in [0.05, 0.1) is 17.9 Å². The number of carbonyl (C=O) groups is 3. The first-order chi connectivity index (χ1) is 16.0. The van der Waals surface area contributed by atoms with E-state index in [-0.39, 0.29) is 29.8 Å². The number of fused-ring (bicyclic) bond motifs is 1. The molecule has 3 aliphatic heterocycles. The molecule has 5 aliphatic rings. The standard InChI is InChI=1S/C26H31N3O4/c1-15-6-8-16(9-7-15)14-29-22(24(31)28-17-4-2-3-5-17)26-13-12-19(33-26)20(21(26)25(29)32)23(30)27-18-10-11-18/h6-9,12-13,17-22H,2-5,10-11,14H2,1H3,(H,27,30)(H,28,31)/t19-,20-,21+,22+,26+/m1/s1. The van der Waals surface area contributed by atoms with Crippen molar-refractivity contribution >= 4 is 17.7 Å². The minimum atomic E-state index is -1.08. The molecule has 2 bridgehead atoms. The molecule has 3 heterocycles. The third kappa shape index (κ3) is 3.39. The minimum absolute atomic E-state index is 0.126. The predicted molar refractivity (Wildman–Crippen MR) is 121 cm³/mol. The summed E-state index contributed by atoms with van der Waals surface area (Å²) in [6.45, 7) is 2.34. The zero-order valence-electron chi connectivity index (χ0n) is 19.0. The number of amides is 3. The zero-order valence-corrected chi connectivity index (χ0v) is 19.0. The fourth-order valence-corrected chi connectivity index (χ4v) is 6.20. The molecule has 0 radical (unpaired) electrons. The number of nitrogens with zero attached hydrogens (tertiary/aromatic N) is 1. The number of likely N-dealkylation sites (tertiary alicyclic amines) is 1. The average molecular weight is 450 g/mol. The highest BCUT2D eigenvalue weighted by Gasteiger charge is 2.72. The Morgan fingerprint density at radius 1 is 1.03 bits per heavy atom. The number of ether oxygens (including phenoxy) is 1. The average Bonchev–Trinajstić information content (AvgIpc) is 3.15. The lowest BCUT2D eigenvalue weighted by Gasteiger charge is -2.33. The van der Waals surface area contributed by atoms with Gasteiger partial charge >= 0.3 is 0 Å². The highest BCUT2D eigenvalue weighted by molar-refractivity contribution is 6.00. The highest BCUT2D eigenvalue weighted by atomic mass is 16.5. The number of hydrogen-bond donors (Lipinski definition) is 2. The molecule has 6 rings (SSSR count). The van der Waals surface area contributed by atoms with Gasteiger partial charge in [0.15, 0.2) is 0 Å². The molecular formula is C26H31N3O4. The van der Waals surface area contributed by atoms with E-state index < -0.39 is 29.6 Å². The van der Waals surface area contributed by atoms with Gasteiger partial charge in [0, 0.05) is 18.6 Å². The lowest BCUT2D eigenvalue weighted by atomic mass is 9.74. The summed E-state index contributed by atoms with van der Waals surface area (Å²) < 4.78 is 6.38. The maximum Gasteiger partial charge on any atom is 0.246 e. The number of rotatable bonds is 6. The van der Waals surface area contributed by atoms with Crippen LogP contribution in [0.5, 0.6) is 0 Å². The SMILES string of the molecule is Cc1ccc(CN2C(=O)[C@@H]3[C@H](C(=O)NC4CC4)[C@H]4C=C[C@@]3(O4)[C@@H]2C(=O)NC2CCCC2)cc1. The van der Waals surface area contributed by atoms with Crippen LogP contribution in [0.2, 0.25) is 0 Å². The van der Waals surface area contributed by atoms with Crippen LogP contribution >= 0.6 is 0 Å². The number of carbonyl (C=O) groups excluding carboxylic acids is 3. The number of hydrogen-bond acceptors (Lipinski definition) is 4. The van der Waals surface area contributed by atoms with Crippen molar-refractivity contribution in [3.8, 4) is 0 Å². The van der Waals surface area contributed by atoms with Crippen molar-refractivity contribution in [1.29, 1.82) is 0 Å². The smallest absolute Gasteiger partial charge is 0.246 e. The van der Waals surface area contributed by atoms with Crippen molar-refractivity contribution in [3.05, 3.63) is 47.5 Å². The summed E-state index contributed by atoms with van der Waals surface area (Å²) in [7, 11) is 0. The third-order valence-electron chi connectivity index (χ3n) is 8.02. The maximum atomic E-state index is 13.9. The van der Waals surface area contributed by atoms with Crippen molar-refractivity contribution in [3.63, 3.8) is 0 Å². The fourth-order valence-electron chi connectivity index (χ4n) is 6.20. The first-order valence-electron chi connectivity index (χ1n) is 12.3. The summed E-state index contributed by atoms with van der Waals surface area (Å²) in [5.74, 6) is -1.72. The van der Waals surface area contributed by atoms with Crippen molar-refractivity contribution < 1.29 is 19.1 Å². The van der Waals surface area contributed by atoms with Crippen LogP contribution in [0.3, 0.4) is 0 Å². The van der Waals surface area contributed by atoms with E-state index in [1.807, 2.05) is 43.3 Å². The second kappa shape index (κ2) is 7.69. The molecule has 2 aliphatic carbocycles. The molecule has 7 heteroatoms. The Bertz CT molecular complexity index is 1010. The Morgan fingerprint density at radius 2 is 1.70 bits per heavy atom. The third-order valence-corrected chi connectivity index (χ3v) is 8.02. The van der Waals surface area contributed by atoms with Crippen LogP contribution in [0.15, 0.2) is 36.4 Å². The van der Waals surface area contributed by atoms with Crippen LogP contribution in [-0.2, 0) is 25.7 Å². The normalized spacial score (nSPS) is 34.7. The number of aryl methyl sites for hydroxylation is 1. The van der Waals surface area contributed by atoms with E-state index in [9.17, 15) is 14.4 Å². The van der Waals surface area contributed by atoms with Gasteiger partial charge in [-0.1, -0.05) is 54.8 Å². The summed E-state index contributed by atoms with van der Waals surface area (Å²) in [6, 6.07) is 7.57. The quantitative estimate of drug-likeness (QED) is 0.650. The molecule has 0 unspecified atom stereocenters. The summed E-state index contributed by atoms with van der Waals surface area (Å²) in [6.07, 6.45) is 9.42. The predicted octanol–water partition coefficient (Wildman–Crippen LogP) is 1.98. The molecular weight excluding hydrogens is 418 g/mol. The lowest BCUT2D eigenvalue weighted by Crippen LogP contribution is -2.55. The van der Waals surface area contributed by atoms with Gasteiger partial charge < -0.3 is 20.3 Å². The molecule has 3 amide bonds. The van der Waals surface area contributed by atoms with E-state index in [2.05, 4.69) is 10.6 Å². The van der Waals surface area contributed by atoms with Gasteiger partial charge in [-0.05, 0) is 38.2 Å². The van der Waals surface area contributed by atoms with E-state index in [0.717, 1.165) is 49.7 Å². The molecule has 2 N–H and O–H groups in total. The van der Waals surface area contributed by atoms with E-state index in [4.69, 9.17) is 4.74 Å². The Hall–Kier alpha value is -2.67. The molecule has 7 nitrogen and oxygen atoms in total. The van der Waals surface area contributed by atoms with Gasteiger partial charge in [-0.25, -0.2) is 0 Å². The van der Waals surface area contributed by atoms with Gasteiger partial charge in [0.2, 0.25) is 17.7 Å². The zero-order chi connectivity index (χ0) is 22.7. The largest absolute Gasteiger partial charge is 0.359 e. The summed E-state index contributed by atoms with van der Waals surface area (Å²) in [4.78, 5) is 42.3. The maximum absolute atomic E-state index is 13.9. The first-order valence-corrected chi connectivity index (χ1v) is 12.3. The van der Waals surface area contributed by atoms with Crippen LogP contribution in [0.1, 0.15) is 49.7 Å². The monoisotopic (exact) mass is 449 g/mol. The molecule has 1 spiro atoms. The molecule has 5 atom stereocenters. The second-order valence-electron chi connectivity index (χ2n) is 10.4. The van der Waals surface area contributed by atoms with E-state index >= 15 is 0 Å². The van der Waals surface area contributed by atoms with Gasteiger partial charge in [0.25, 0.3) is 0 Å². The molecule has 1 aromatic carbocycles. The van der Waals surface area contributed by atoms with Crippen molar-refractivity contribution in [1.82, 2.24) is 15.5 Å². The summed E-state index contributed by atoms with van der Waals surface area (Å²) in [5, 5.41) is 6.26. The minimum Gasteiger partial charge on any atom is -0.359 e. The van der Waals surface area contributed by atoms with Gasteiger partial charge in [-0.15, -0.1) is 0 Å². The van der Waals surface area contributed by atoms with Crippen LogP contribution in [0, 0.1) is 18.8 Å². The van der Waals surface area contributed by atoms with Crippen molar-refractivity contribution in [2.24, 2.45) is 11.8 Å². The Morgan fingerprint density at radius 3 is 2.39 bits per heavy atom. The molecule has 4 fully saturated rings. The van der Waals surface area contributed by atoms with E-state index in [1.54, 1.807) is 4.90 Å². The first kappa shape index (κ1) is 20.9. The number of nitrogens with one attached hydrogen (secondary N) is 2. The van der Waals surface area contributed by atoms with Crippen LogP contribution in [-0.4, -0.2) is 52.5 Å². The molecule has 2 saturated heterocycles. The lowest BCUT2D eigenvalue weighted by molar-refractivity contribution is -0.142. The molecule has 174 valence electrons. The van der Waals surface area contributed by atoms with Crippen molar-refractivity contribution in [2.75, 3.05) is 0 Å². The highest BCUT2D eigenvalue weighted by Crippen LogP contribution is 2.55. The van der Waals surface area contributed by atoms with Crippen LogP contribution < -0.4 is 10.6 Å². The topological polar surface area (TPSA) is 87.7 Å².